The zero-order chi connectivity index (χ0) is 16.6. The van der Waals surface area contributed by atoms with Crippen LogP contribution >= 0.6 is 0 Å². The van der Waals surface area contributed by atoms with Crippen LogP contribution in [0.25, 0.3) is 0 Å². The van der Waals surface area contributed by atoms with E-state index in [0.29, 0.717) is 17.5 Å². The van der Waals surface area contributed by atoms with Crippen molar-refractivity contribution in [3.8, 4) is 0 Å². The number of aromatic nitrogens is 2. The Morgan fingerprint density at radius 1 is 1.25 bits per heavy atom. The largest absolute Gasteiger partial charge is 0.351 e. The highest BCUT2D eigenvalue weighted by Crippen LogP contribution is 2.49. The molecule has 2 aliphatic heterocycles. The first-order chi connectivity index (χ1) is 11.6. The van der Waals surface area contributed by atoms with Gasteiger partial charge in [-0.3, -0.25) is 10.2 Å². The summed E-state index contributed by atoms with van der Waals surface area (Å²) in [6, 6.07) is 2.61. The number of rotatable bonds is 3. The minimum Gasteiger partial charge on any atom is -0.351 e. The number of anilines is 1. The molecule has 0 radical (unpaired) electrons. The first-order valence-corrected chi connectivity index (χ1v) is 8.97. The van der Waals surface area contributed by atoms with Crippen LogP contribution in [-0.2, 0) is 4.79 Å². The van der Waals surface area contributed by atoms with Gasteiger partial charge < -0.3 is 10.2 Å². The Labute approximate surface area is 142 Å². The van der Waals surface area contributed by atoms with Crippen LogP contribution in [0, 0.1) is 5.41 Å². The van der Waals surface area contributed by atoms with Crippen LogP contribution in [-0.4, -0.2) is 52.0 Å². The van der Waals surface area contributed by atoms with E-state index in [1.54, 1.807) is 12.4 Å². The number of nitrogens with one attached hydrogen (secondary N) is 3. The van der Waals surface area contributed by atoms with Gasteiger partial charge in [0.15, 0.2) is 0 Å². The third-order valence-corrected chi connectivity index (χ3v) is 5.78. The van der Waals surface area contributed by atoms with Crippen LogP contribution in [0.4, 0.5) is 5.95 Å². The summed E-state index contributed by atoms with van der Waals surface area (Å²) < 4.78 is 0. The number of hydrazine groups is 1. The van der Waals surface area contributed by atoms with E-state index in [4.69, 9.17) is 0 Å². The molecule has 3 fully saturated rings. The Morgan fingerprint density at radius 3 is 2.58 bits per heavy atom. The lowest BCUT2D eigenvalue weighted by molar-refractivity contribution is -0.136. The third kappa shape index (κ3) is 3.10. The summed E-state index contributed by atoms with van der Waals surface area (Å²) in [4.78, 5) is 23.1. The SMILES string of the molecule is CC1CC(C(=O)N2CCC3(CC2)CC(Nc2ncccn2)C3)NN1. The molecule has 1 saturated carbocycles. The van der Waals surface area contributed by atoms with Crippen LogP contribution in [0.2, 0.25) is 0 Å². The number of carbonyl (C=O) groups is 1. The standard InChI is InChI=1S/C17H26N6O/c1-12-9-14(22-21-12)15(24)23-7-3-17(4-8-23)10-13(11-17)20-16-18-5-2-6-19-16/h2,5-6,12-14,21-22H,3-4,7-11H2,1H3,(H,18,19,20). The van der Waals surface area contributed by atoms with Gasteiger partial charge in [0.1, 0.15) is 6.04 Å². The van der Waals surface area contributed by atoms with Gasteiger partial charge in [0.05, 0.1) is 0 Å². The molecule has 1 aromatic rings. The van der Waals surface area contributed by atoms with E-state index in [1.165, 1.54) is 0 Å². The van der Waals surface area contributed by atoms with E-state index in [9.17, 15) is 4.79 Å². The van der Waals surface area contributed by atoms with Crippen molar-refractivity contribution in [2.45, 2.75) is 57.2 Å². The second-order valence-electron chi connectivity index (χ2n) is 7.63. The topological polar surface area (TPSA) is 82.2 Å². The zero-order valence-corrected chi connectivity index (χ0v) is 14.2. The zero-order valence-electron chi connectivity index (χ0n) is 14.2. The molecule has 1 aromatic heterocycles. The van der Waals surface area contributed by atoms with E-state index in [-0.39, 0.29) is 11.9 Å². The molecule has 2 unspecified atom stereocenters. The fourth-order valence-electron chi connectivity index (χ4n) is 4.35. The number of nitrogens with zero attached hydrogens (tertiary/aromatic N) is 3. The van der Waals surface area contributed by atoms with Crippen molar-refractivity contribution >= 4 is 11.9 Å². The molecular weight excluding hydrogens is 304 g/mol. The molecule has 3 heterocycles. The lowest BCUT2D eigenvalue weighted by Crippen LogP contribution is -2.55. The predicted molar refractivity (Wildman–Crippen MR) is 91.1 cm³/mol. The molecule has 1 amide bonds. The Hall–Kier alpha value is -1.73. The van der Waals surface area contributed by atoms with Crippen molar-refractivity contribution in [1.29, 1.82) is 0 Å². The number of hydrogen-bond donors (Lipinski definition) is 3. The molecule has 7 heteroatoms. The second kappa shape index (κ2) is 6.29. The molecule has 2 saturated heterocycles. The molecular formula is C17H26N6O. The van der Waals surface area contributed by atoms with Crippen LogP contribution < -0.4 is 16.2 Å². The normalized spacial score (nSPS) is 29.5. The highest BCUT2D eigenvalue weighted by atomic mass is 16.2. The van der Waals surface area contributed by atoms with E-state index in [1.807, 2.05) is 11.0 Å². The van der Waals surface area contributed by atoms with Crippen LogP contribution in [0.5, 0.6) is 0 Å². The first-order valence-electron chi connectivity index (χ1n) is 8.97. The molecule has 0 bridgehead atoms. The number of piperidine rings is 1. The van der Waals surface area contributed by atoms with Crippen molar-refractivity contribution in [3.05, 3.63) is 18.5 Å². The average molecular weight is 330 g/mol. The van der Waals surface area contributed by atoms with Crippen molar-refractivity contribution in [2.75, 3.05) is 18.4 Å². The van der Waals surface area contributed by atoms with Crippen molar-refractivity contribution in [2.24, 2.45) is 5.41 Å². The number of likely N-dealkylation sites (tertiary alicyclic amines) is 1. The maximum absolute atomic E-state index is 12.6. The second-order valence-corrected chi connectivity index (χ2v) is 7.63. The summed E-state index contributed by atoms with van der Waals surface area (Å²) in [5.41, 5.74) is 6.68. The molecule has 3 aliphatic rings. The Balaban J connectivity index is 1.24. The molecule has 130 valence electrons. The highest BCUT2D eigenvalue weighted by molar-refractivity contribution is 5.82. The molecule has 2 atom stereocenters. The molecule has 24 heavy (non-hydrogen) atoms. The van der Waals surface area contributed by atoms with Crippen molar-refractivity contribution in [3.63, 3.8) is 0 Å². The van der Waals surface area contributed by atoms with Gasteiger partial charge in [0.2, 0.25) is 11.9 Å². The van der Waals surface area contributed by atoms with Gasteiger partial charge in [-0.1, -0.05) is 0 Å². The minimum absolute atomic E-state index is 0.0555. The summed E-state index contributed by atoms with van der Waals surface area (Å²) in [7, 11) is 0. The Kier molecular flexibility index (Phi) is 4.14. The maximum Gasteiger partial charge on any atom is 0.241 e. The number of amides is 1. The number of hydrogen-bond acceptors (Lipinski definition) is 6. The maximum atomic E-state index is 12.6. The molecule has 0 aromatic carbocycles. The van der Waals surface area contributed by atoms with Crippen molar-refractivity contribution in [1.82, 2.24) is 25.7 Å². The van der Waals surface area contributed by atoms with Gasteiger partial charge in [-0.05, 0) is 50.5 Å². The summed E-state index contributed by atoms with van der Waals surface area (Å²) >= 11 is 0. The number of carbonyl (C=O) groups excluding carboxylic acids is 1. The van der Waals surface area contributed by atoms with Crippen molar-refractivity contribution < 1.29 is 4.79 Å². The Morgan fingerprint density at radius 2 is 1.96 bits per heavy atom. The summed E-state index contributed by atoms with van der Waals surface area (Å²) in [5.74, 6) is 0.979. The summed E-state index contributed by atoms with van der Waals surface area (Å²) in [6.07, 6.45) is 8.95. The van der Waals surface area contributed by atoms with Gasteiger partial charge in [0.25, 0.3) is 0 Å². The van der Waals surface area contributed by atoms with Crippen LogP contribution in [0.3, 0.4) is 0 Å². The fraction of sp³-hybridized carbons (Fsp3) is 0.706. The van der Waals surface area contributed by atoms with E-state index in [0.717, 1.165) is 51.1 Å². The molecule has 1 aliphatic carbocycles. The minimum atomic E-state index is -0.0555. The van der Waals surface area contributed by atoms with Gasteiger partial charge in [-0.15, -0.1) is 0 Å². The highest BCUT2D eigenvalue weighted by Gasteiger charge is 2.47. The van der Waals surface area contributed by atoms with E-state index in [2.05, 4.69) is 33.1 Å². The third-order valence-electron chi connectivity index (χ3n) is 5.78. The van der Waals surface area contributed by atoms with Gasteiger partial charge in [-0.25, -0.2) is 15.4 Å². The lowest BCUT2D eigenvalue weighted by atomic mass is 9.60. The molecule has 7 nitrogen and oxygen atoms in total. The van der Waals surface area contributed by atoms with E-state index < -0.39 is 0 Å². The molecule has 1 spiro atoms. The summed E-state index contributed by atoms with van der Waals surface area (Å²) in [5, 5.41) is 3.41. The fourth-order valence-corrected chi connectivity index (χ4v) is 4.35. The van der Waals surface area contributed by atoms with Gasteiger partial charge in [0, 0.05) is 37.6 Å². The first kappa shape index (κ1) is 15.8. The van der Waals surface area contributed by atoms with Gasteiger partial charge >= 0.3 is 0 Å². The molecule has 4 rings (SSSR count). The molecule has 3 N–H and O–H groups in total. The van der Waals surface area contributed by atoms with Crippen LogP contribution in [0.15, 0.2) is 18.5 Å². The lowest BCUT2D eigenvalue weighted by Gasteiger charge is -2.52. The summed E-state index contributed by atoms with van der Waals surface area (Å²) in [6.45, 7) is 3.88. The van der Waals surface area contributed by atoms with Crippen LogP contribution in [0.1, 0.15) is 39.0 Å². The Bertz CT molecular complexity index is 578. The average Bonchev–Trinajstić information content (AvgIpc) is 3.01. The van der Waals surface area contributed by atoms with Gasteiger partial charge in [-0.2, -0.15) is 0 Å². The van der Waals surface area contributed by atoms with E-state index >= 15 is 0 Å². The predicted octanol–water partition coefficient (Wildman–Crippen LogP) is 0.915. The smallest absolute Gasteiger partial charge is 0.241 e. The monoisotopic (exact) mass is 330 g/mol. The quantitative estimate of drug-likeness (QED) is 0.764.